The van der Waals surface area contributed by atoms with Crippen LogP contribution in [0.4, 0.5) is 5.82 Å². The molecule has 2 heterocycles. The normalized spacial score (nSPS) is 18.4. The predicted molar refractivity (Wildman–Crippen MR) is 131 cm³/mol. The molecule has 35 heavy (non-hydrogen) atoms. The third-order valence-electron chi connectivity index (χ3n) is 6.74. The summed E-state index contributed by atoms with van der Waals surface area (Å²) < 4.78 is 19.2. The van der Waals surface area contributed by atoms with Crippen molar-refractivity contribution >= 4 is 11.6 Å². The number of Topliss-reactive ketones (excluding diaryl/α,β-unsaturated/α-hetero) is 1. The topological polar surface area (TPSA) is 87.6 Å². The number of allylic oxidation sites excluding steroid dienone is 2. The number of hydrogen-bond donors (Lipinski definition) is 1. The van der Waals surface area contributed by atoms with E-state index in [9.17, 15) is 4.79 Å². The fourth-order valence-corrected chi connectivity index (χ4v) is 5.09. The Morgan fingerprint density at radius 1 is 1.09 bits per heavy atom. The van der Waals surface area contributed by atoms with Gasteiger partial charge >= 0.3 is 5.88 Å². The number of methoxy groups -OCH3 is 2. The lowest BCUT2D eigenvalue weighted by Crippen LogP contribution is -2.41. The van der Waals surface area contributed by atoms with Gasteiger partial charge in [-0.05, 0) is 28.7 Å². The summed E-state index contributed by atoms with van der Waals surface area (Å²) in [6, 6.07) is 15.8. The summed E-state index contributed by atoms with van der Waals surface area (Å²) in [6.07, 6.45) is 2.80. The lowest BCUT2D eigenvalue weighted by Gasteiger charge is -2.37. The molecule has 2 N–H and O–H groups in total. The Bertz CT molecular complexity index is 1330. The number of carbonyl (C=O) groups is 1. The number of nitrogens with zero attached hydrogens (tertiary/aromatic N) is 2. The van der Waals surface area contributed by atoms with Gasteiger partial charge in [0.2, 0.25) is 12.1 Å². The van der Waals surface area contributed by atoms with Crippen molar-refractivity contribution in [2.75, 3.05) is 20.0 Å². The third-order valence-corrected chi connectivity index (χ3v) is 6.74. The van der Waals surface area contributed by atoms with Gasteiger partial charge in [-0.25, -0.2) is 4.57 Å². The minimum absolute atomic E-state index is 0.0690. The van der Waals surface area contributed by atoms with Crippen LogP contribution in [0, 0.1) is 5.41 Å². The number of rotatable bonds is 5. The maximum absolute atomic E-state index is 13.5. The number of ether oxygens (including phenoxy) is 3. The second-order valence-electron chi connectivity index (χ2n) is 9.89. The number of nitrogens with two attached hydrogens (primary N) is 1. The minimum Gasteiger partial charge on any atom is -0.493 e. The van der Waals surface area contributed by atoms with E-state index in [4.69, 9.17) is 19.9 Å². The summed E-state index contributed by atoms with van der Waals surface area (Å²) in [7, 11) is 3.20. The molecule has 0 unspecified atom stereocenters. The largest absolute Gasteiger partial charge is 0.493 e. The van der Waals surface area contributed by atoms with Gasteiger partial charge in [-0.1, -0.05) is 55.2 Å². The molecule has 180 valence electrons. The second-order valence-corrected chi connectivity index (χ2v) is 9.89. The Morgan fingerprint density at radius 3 is 2.54 bits per heavy atom. The van der Waals surface area contributed by atoms with E-state index in [-0.39, 0.29) is 11.2 Å². The molecule has 0 saturated heterocycles. The number of fused-ring (bicyclic) bond motifs is 1. The highest BCUT2D eigenvalue weighted by molar-refractivity contribution is 6.00. The standard InChI is InChI=1S/C28H29N3O4/c1-28(2)13-19(32)24-22(14-28)35-27-25(23(24)18-10-11-20(33-3)21(12-18)34-4)26(29)31(16-30-27)15-17-8-6-5-7-9-17/h5-12,16,23,29H,13-15H2,1-4H3/p+1/t23-/m1/s1. The van der Waals surface area contributed by atoms with Crippen LogP contribution >= 0.6 is 0 Å². The molecule has 0 saturated carbocycles. The van der Waals surface area contributed by atoms with Crippen LogP contribution in [0.5, 0.6) is 17.4 Å². The Balaban J connectivity index is 1.70. The second kappa shape index (κ2) is 8.73. The number of aromatic nitrogens is 2. The van der Waals surface area contributed by atoms with Crippen molar-refractivity contribution in [1.29, 1.82) is 0 Å². The molecular weight excluding hydrogens is 442 g/mol. The third kappa shape index (κ3) is 4.11. The Hall–Kier alpha value is -3.87. The summed E-state index contributed by atoms with van der Waals surface area (Å²) >= 11 is 0. The zero-order valence-electron chi connectivity index (χ0n) is 20.5. The molecule has 0 radical (unpaired) electrons. The van der Waals surface area contributed by atoms with Crippen LogP contribution in [-0.4, -0.2) is 25.0 Å². The van der Waals surface area contributed by atoms with Gasteiger partial charge in [0.25, 0.3) is 0 Å². The van der Waals surface area contributed by atoms with Gasteiger partial charge in [0.15, 0.2) is 17.3 Å². The van der Waals surface area contributed by atoms with Crippen molar-refractivity contribution in [1.82, 2.24) is 4.98 Å². The van der Waals surface area contributed by atoms with Gasteiger partial charge in [0.05, 0.1) is 26.7 Å². The van der Waals surface area contributed by atoms with Crippen molar-refractivity contribution in [3.8, 4) is 17.4 Å². The van der Waals surface area contributed by atoms with Crippen LogP contribution in [0.2, 0.25) is 0 Å². The van der Waals surface area contributed by atoms with E-state index >= 15 is 0 Å². The van der Waals surface area contributed by atoms with Crippen LogP contribution in [0.3, 0.4) is 0 Å². The highest BCUT2D eigenvalue weighted by Gasteiger charge is 2.45. The lowest BCUT2D eigenvalue weighted by molar-refractivity contribution is -0.677. The minimum atomic E-state index is -0.423. The van der Waals surface area contributed by atoms with Gasteiger partial charge in [-0.15, -0.1) is 0 Å². The van der Waals surface area contributed by atoms with Crippen LogP contribution in [0.25, 0.3) is 0 Å². The molecule has 2 aromatic carbocycles. The van der Waals surface area contributed by atoms with Crippen molar-refractivity contribution < 1.29 is 23.6 Å². The van der Waals surface area contributed by atoms with Gasteiger partial charge in [-0.3, -0.25) is 4.79 Å². The van der Waals surface area contributed by atoms with Crippen molar-refractivity contribution in [3.05, 3.63) is 82.9 Å². The summed E-state index contributed by atoms with van der Waals surface area (Å²) in [5.74, 6) is 2.48. The van der Waals surface area contributed by atoms with Gasteiger partial charge in [0.1, 0.15) is 11.3 Å². The van der Waals surface area contributed by atoms with E-state index in [1.165, 1.54) is 0 Å². The number of hydrogen-bond acceptors (Lipinski definition) is 6. The zero-order valence-corrected chi connectivity index (χ0v) is 20.5. The monoisotopic (exact) mass is 472 g/mol. The van der Waals surface area contributed by atoms with E-state index < -0.39 is 5.92 Å². The van der Waals surface area contributed by atoms with Gasteiger partial charge in [0, 0.05) is 18.4 Å². The molecule has 1 aromatic heterocycles. The first kappa shape index (κ1) is 22.9. The fourth-order valence-electron chi connectivity index (χ4n) is 5.09. The Morgan fingerprint density at radius 2 is 1.83 bits per heavy atom. The summed E-state index contributed by atoms with van der Waals surface area (Å²) in [4.78, 5) is 18.2. The maximum Gasteiger partial charge on any atom is 0.305 e. The smallest absolute Gasteiger partial charge is 0.305 e. The first-order chi connectivity index (χ1) is 16.8. The van der Waals surface area contributed by atoms with Gasteiger partial charge < -0.3 is 19.9 Å². The number of ketones is 1. The number of benzene rings is 2. The van der Waals surface area contributed by atoms with Crippen molar-refractivity contribution in [2.45, 2.75) is 39.2 Å². The molecule has 1 aliphatic heterocycles. The van der Waals surface area contributed by atoms with Crippen LogP contribution in [0.1, 0.15) is 49.3 Å². The average molecular weight is 473 g/mol. The molecule has 0 bridgehead atoms. The van der Waals surface area contributed by atoms with E-state index in [1.54, 1.807) is 20.5 Å². The van der Waals surface area contributed by atoms with E-state index in [1.807, 2.05) is 53.1 Å². The first-order valence-electron chi connectivity index (χ1n) is 11.7. The van der Waals surface area contributed by atoms with E-state index in [2.05, 4.69) is 18.8 Å². The molecule has 0 amide bonds. The molecule has 2 aliphatic rings. The van der Waals surface area contributed by atoms with Crippen LogP contribution in [0.15, 0.2) is 66.2 Å². The zero-order chi connectivity index (χ0) is 24.7. The summed E-state index contributed by atoms with van der Waals surface area (Å²) in [5.41, 5.74) is 9.91. The molecule has 5 rings (SSSR count). The predicted octanol–water partition coefficient (Wildman–Crippen LogP) is 4.18. The van der Waals surface area contributed by atoms with Crippen LogP contribution < -0.4 is 24.5 Å². The Kier molecular flexibility index (Phi) is 5.71. The average Bonchev–Trinajstić information content (AvgIpc) is 2.84. The number of carbonyl (C=O) groups excluding carboxylic acids is 1. The number of anilines is 1. The van der Waals surface area contributed by atoms with Crippen molar-refractivity contribution in [3.63, 3.8) is 0 Å². The molecule has 1 aliphatic carbocycles. The molecular formula is C28H30N3O4+. The molecule has 7 nitrogen and oxygen atoms in total. The van der Waals surface area contributed by atoms with E-state index in [0.717, 1.165) is 11.1 Å². The molecule has 7 heteroatoms. The fraction of sp³-hybridized carbons (Fsp3) is 0.321. The summed E-state index contributed by atoms with van der Waals surface area (Å²) in [5, 5.41) is 0. The molecule has 3 aromatic rings. The quantitative estimate of drug-likeness (QED) is 0.561. The maximum atomic E-state index is 13.5. The molecule has 0 fully saturated rings. The Labute approximate surface area is 205 Å². The SMILES string of the molecule is COc1ccc([C@@H]2C3=C(CC(C)(C)CC3=O)Oc3nc[n+](Cc4ccccc4)c(N)c32)cc1OC. The lowest BCUT2D eigenvalue weighted by atomic mass is 9.70. The first-order valence-corrected chi connectivity index (χ1v) is 11.7. The highest BCUT2D eigenvalue weighted by Crippen LogP contribution is 2.51. The van der Waals surface area contributed by atoms with E-state index in [0.29, 0.717) is 59.5 Å². The molecule has 1 atom stereocenters. The van der Waals surface area contributed by atoms with Crippen molar-refractivity contribution in [2.24, 2.45) is 5.41 Å². The highest BCUT2D eigenvalue weighted by atomic mass is 16.5. The number of nitrogen functional groups attached to an aromatic ring is 1. The van der Waals surface area contributed by atoms with Crippen LogP contribution in [-0.2, 0) is 11.3 Å². The molecule has 0 spiro atoms. The summed E-state index contributed by atoms with van der Waals surface area (Å²) in [6.45, 7) is 4.72. The van der Waals surface area contributed by atoms with Gasteiger partial charge in [-0.2, -0.15) is 0 Å².